The van der Waals surface area contributed by atoms with Crippen molar-refractivity contribution in [1.82, 2.24) is 4.90 Å². The quantitative estimate of drug-likeness (QED) is 0.903. The van der Waals surface area contributed by atoms with E-state index in [1.807, 2.05) is 48.2 Å². The second kappa shape index (κ2) is 8.06. The Morgan fingerprint density at radius 1 is 1.08 bits per heavy atom. The molecule has 1 heterocycles. The summed E-state index contributed by atoms with van der Waals surface area (Å²) in [5, 5.41) is 9.40. The zero-order chi connectivity index (χ0) is 17.6. The molecule has 0 saturated carbocycles. The van der Waals surface area contributed by atoms with Crippen LogP contribution in [0.1, 0.15) is 36.8 Å². The maximum Gasteiger partial charge on any atom is 0.226 e. The molecule has 0 aromatic heterocycles. The summed E-state index contributed by atoms with van der Waals surface area (Å²) in [6.07, 6.45) is 2.38. The van der Waals surface area contributed by atoms with Gasteiger partial charge in [0.1, 0.15) is 11.5 Å². The summed E-state index contributed by atoms with van der Waals surface area (Å²) in [7, 11) is 0. The van der Waals surface area contributed by atoms with Crippen LogP contribution in [-0.2, 0) is 11.2 Å². The Labute approximate surface area is 149 Å². The second-order valence-electron chi connectivity index (χ2n) is 6.50. The van der Waals surface area contributed by atoms with Crippen LogP contribution < -0.4 is 4.74 Å². The average molecular weight is 339 g/mol. The first-order chi connectivity index (χ1) is 12.2. The lowest BCUT2D eigenvalue weighted by atomic mass is 9.89. The normalized spacial score (nSPS) is 15.2. The summed E-state index contributed by atoms with van der Waals surface area (Å²) >= 11 is 0. The number of benzene rings is 2. The van der Waals surface area contributed by atoms with Gasteiger partial charge in [0, 0.05) is 13.1 Å². The third-order valence-electron chi connectivity index (χ3n) is 4.80. The Hall–Kier alpha value is -2.49. The van der Waals surface area contributed by atoms with Crippen molar-refractivity contribution in [2.24, 2.45) is 0 Å². The van der Waals surface area contributed by atoms with E-state index < -0.39 is 0 Å². The van der Waals surface area contributed by atoms with E-state index >= 15 is 0 Å². The average Bonchev–Trinajstić information content (AvgIpc) is 2.64. The van der Waals surface area contributed by atoms with Crippen molar-refractivity contribution in [2.45, 2.75) is 32.1 Å². The maximum absolute atomic E-state index is 12.5. The number of carbonyl (C=O) groups excluding carboxylic acids is 1. The molecule has 0 radical (unpaired) electrons. The molecule has 1 amide bonds. The fourth-order valence-electron chi connectivity index (χ4n) is 3.37. The Morgan fingerprint density at radius 3 is 2.32 bits per heavy atom. The van der Waals surface area contributed by atoms with Gasteiger partial charge in [-0.15, -0.1) is 0 Å². The molecule has 0 aliphatic carbocycles. The number of phenolic OH excluding ortho intramolecular Hbond substituents is 1. The van der Waals surface area contributed by atoms with Gasteiger partial charge in [0.25, 0.3) is 0 Å². The highest BCUT2D eigenvalue weighted by Crippen LogP contribution is 2.29. The molecule has 1 aliphatic heterocycles. The Balaban J connectivity index is 1.51. The zero-order valence-electron chi connectivity index (χ0n) is 14.6. The molecular weight excluding hydrogens is 314 g/mol. The monoisotopic (exact) mass is 339 g/mol. The van der Waals surface area contributed by atoms with E-state index in [0.29, 0.717) is 24.7 Å². The number of aromatic hydroxyl groups is 1. The van der Waals surface area contributed by atoms with Crippen LogP contribution >= 0.6 is 0 Å². The fourth-order valence-corrected chi connectivity index (χ4v) is 3.37. The lowest BCUT2D eigenvalue weighted by molar-refractivity contribution is -0.131. The van der Waals surface area contributed by atoms with Crippen LogP contribution in [0.3, 0.4) is 0 Å². The van der Waals surface area contributed by atoms with Gasteiger partial charge in [0.15, 0.2) is 0 Å². The highest BCUT2D eigenvalue weighted by Gasteiger charge is 2.23. The van der Waals surface area contributed by atoms with E-state index in [1.54, 1.807) is 12.1 Å². The van der Waals surface area contributed by atoms with Crippen LogP contribution in [0.15, 0.2) is 48.5 Å². The number of phenols is 1. The lowest BCUT2D eigenvalue weighted by Crippen LogP contribution is -2.38. The van der Waals surface area contributed by atoms with Gasteiger partial charge >= 0.3 is 0 Å². The molecule has 1 N–H and O–H groups in total. The van der Waals surface area contributed by atoms with Gasteiger partial charge in [0.2, 0.25) is 5.91 Å². The minimum absolute atomic E-state index is 0.188. The predicted molar refractivity (Wildman–Crippen MR) is 98.0 cm³/mol. The van der Waals surface area contributed by atoms with E-state index in [-0.39, 0.29) is 5.91 Å². The Kier molecular flexibility index (Phi) is 5.59. The van der Waals surface area contributed by atoms with Crippen molar-refractivity contribution in [3.8, 4) is 11.5 Å². The summed E-state index contributed by atoms with van der Waals surface area (Å²) in [6, 6.07) is 15.2. The van der Waals surface area contributed by atoms with Crippen molar-refractivity contribution in [1.29, 1.82) is 0 Å². The lowest BCUT2D eigenvalue weighted by Gasteiger charge is -2.32. The number of hydrogen-bond acceptors (Lipinski definition) is 3. The molecular formula is C21H25NO3. The summed E-state index contributed by atoms with van der Waals surface area (Å²) in [5.41, 5.74) is 2.27. The highest BCUT2D eigenvalue weighted by molar-refractivity contribution is 5.79. The number of ether oxygens (including phenoxy) is 1. The number of rotatable bonds is 5. The topological polar surface area (TPSA) is 49.8 Å². The van der Waals surface area contributed by atoms with Crippen LogP contribution in [0, 0.1) is 0 Å². The molecule has 2 aromatic carbocycles. The van der Waals surface area contributed by atoms with Crippen LogP contribution in [-0.4, -0.2) is 35.6 Å². The smallest absolute Gasteiger partial charge is 0.226 e. The van der Waals surface area contributed by atoms with Crippen molar-refractivity contribution < 1.29 is 14.6 Å². The molecule has 1 saturated heterocycles. The van der Waals surface area contributed by atoms with E-state index in [4.69, 9.17) is 4.74 Å². The number of likely N-dealkylation sites (tertiary alicyclic amines) is 1. The summed E-state index contributed by atoms with van der Waals surface area (Å²) < 4.78 is 5.43. The van der Waals surface area contributed by atoms with Gasteiger partial charge in [-0.25, -0.2) is 0 Å². The Morgan fingerprint density at radius 2 is 1.72 bits per heavy atom. The molecule has 4 nitrogen and oxygen atoms in total. The van der Waals surface area contributed by atoms with E-state index in [1.165, 1.54) is 5.56 Å². The van der Waals surface area contributed by atoms with Crippen molar-refractivity contribution in [3.63, 3.8) is 0 Å². The van der Waals surface area contributed by atoms with E-state index in [2.05, 4.69) is 0 Å². The van der Waals surface area contributed by atoms with Gasteiger partial charge in [0.05, 0.1) is 13.0 Å². The molecule has 1 fully saturated rings. The summed E-state index contributed by atoms with van der Waals surface area (Å²) in [6.45, 7) is 4.19. The SMILES string of the molecule is CCOc1ccc(CC(=O)N2CCC(c3ccc(O)cc3)CC2)cc1. The molecule has 2 aromatic rings. The molecule has 132 valence electrons. The van der Waals surface area contributed by atoms with E-state index in [0.717, 1.165) is 37.2 Å². The third kappa shape index (κ3) is 4.53. The van der Waals surface area contributed by atoms with Crippen LogP contribution in [0.25, 0.3) is 0 Å². The number of piperidine rings is 1. The van der Waals surface area contributed by atoms with Crippen LogP contribution in [0.4, 0.5) is 0 Å². The number of carbonyl (C=O) groups is 1. The van der Waals surface area contributed by atoms with E-state index in [9.17, 15) is 9.90 Å². The highest BCUT2D eigenvalue weighted by atomic mass is 16.5. The van der Waals surface area contributed by atoms with Crippen molar-refractivity contribution >= 4 is 5.91 Å². The molecule has 3 rings (SSSR count). The molecule has 4 heteroatoms. The molecule has 1 aliphatic rings. The van der Waals surface area contributed by atoms with Gasteiger partial charge in [-0.2, -0.15) is 0 Å². The third-order valence-corrected chi connectivity index (χ3v) is 4.80. The van der Waals surface area contributed by atoms with Gasteiger partial charge in [-0.3, -0.25) is 4.79 Å². The van der Waals surface area contributed by atoms with Gasteiger partial charge in [-0.1, -0.05) is 24.3 Å². The largest absolute Gasteiger partial charge is 0.508 e. The first kappa shape index (κ1) is 17.3. The number of hydrogen-bond donors (Lipinski definition) is 1. The minimum Gasteiger partial charge on any atom is -0.508 e. The van der Waals surface area contributed by atoms with Crippen molar-refractivity contribution in [3.05, 3.63) is 59.7 Å². The predicted octanol–water partition coefficient (Wildman–Crippen LogP) is 3.74. The molecule has 25 heavy (non-hydrogen) atoms. The Bertz CT molecular complexity index is 686. The zero-order valence-corrected chi connectivity index (χ0v) is 14.6. The van der Waals surface area contributed by atoms with Crippen LogP contribution in [0.5, 0.6) is 11.5 Å². The first-order valence-electron chi connectivity index (χ1n) is 8.94. The molecule has 0 unspecified atom stereocenters. The fraction of sp³-hybridized carbons (Fsp3) is 0.381. The molecule has 0 atom stereocenters. The summed E-state index contributed by atoms with van der Waals surface area (Å²) in [4.78, 5) is 14.5. The van der Waals surface area contributed by atoms with Crippen LogP contribution in [0.2, 0.25) is 0 Å². The van der Waals surface area contributed by atoms with Gasteiger partial charge < -0.3 is 14.7 Å². The standard InChI is InChI=1S/C21H25NO3/c1-2-25-20-9-3-16(4-10-20)15-21(24)22-13-11-18(12-14-22)17-5-7-19(23)8-6-17/h3-10,18,23H,2,11-15H2,1H3. The van der Waals surface area contributed by atoms with Gasteiger partial charge in [-0.05, 0) is 61.1 Å². The summed E-state index contributed by atoms with van der Waals surface area (Å²) in [5.74, 6) is 1.79. The number of amides is 1. The molecule has 0 spiro atoms. The maximum atomic E-state index is 12.5. The molecule has 0 bridgehead atoms. The second-order valence-corrected chi connectivity index (χ2v) is 6.50. The number of nitrogens with zero attached hydrogens (tertiary/aromatic N) is 1. The first-order valence-corrected chi connectivity index (χ1v) is 8.94. The van der Waals surface area contributed by atoms with Crippen molar-refractivity contribution in [2.75, 3.05) is 19.7 Å². The minimum atomic E-state index is 0.188.